The van der Waals surface area contributed by atoms with Crippen molar-refractivity contribution in [2.75, 3.05) is 40.5 Å². The van der Waals surface area contributed by atoms with Crippen molar-refractivity contribution in [3.8, 4) is 0 Å². The first-order valence-electron chi connectivity index (χ1n) is 7.56. The van der Waals surface area contributed by atoms with Gasteiger partial charge in [-0.05, 0) is 37.5 Å². The Morgan fingerprint density at radius 1 is 1.19 bits per heavy atom. The lowest BCUT2D eigenvalue weighted by Crippen LogP contribution is -2.44. The average molecular weight is 294 g/mol. The van der Waals surface area contributed by atoms with Gasteiger partial charge in [0.25, 0.3) is 0 Å². The highest BCUT2D eigenvalue weighted by atomic mass is 16.5. The molecule has 0 saturated heterocycles. The van der Waals surface area contributed by atoms with E-state index < -0.39 is 0 Å². The molecule has 1 aromatic rings. The van der Waals surface area contributed by atoms with Crippen LogP contribution in [0.4, 0.5) is 0 Å². The van der Waals surface area contributed by atoms with Gasteiger partial charge >= 0.3 is 0 Å². The van der Waals surface area contributed by atoms with Gasteiger partial charge in [-0.2, -0.15) is 0 Å². The third-order valence-corrected chi connectivity index (χ3v) is 4.16. The molecule has 0 bridgehead atoms. The molecule has 0 aromatic heterocycles. The Labute approximate surface area is 129 Å². The fourth-order valence-corrected chi connectivity index (χ4v) is 2.79. The quantitative estimate of drug-likeness (QED) is 0.759. The van der Waals surface area contributed by atoms with Gasteiger partial charge < -0.3 is 15.2 Å². The first kappa shape index (κ1) is 18.1. The molecule has 120 valence electrons. The third-order valence-electron chi connectivity index (χ3n) is 4.16. The fourth-order valence-electron chi connectivity index (χ4n) is 2.79. The van der Waals surface area contributed by atoms with Crippen LogP contribution in [0.3, 0.4) is 0 Å². The van der Waals surface area contributed by atoms with E-state index in [9.17, 15) is 0 Å². The maximum atomic E-state index is 6.11. The van der Waals surface area contributed by atoms with E-state index in [1.165, 1.54) is 16.7 Å². The molecule has 0 fully saturated rings. The summed E-state index contributed by atoms with van der Waals surface area (Å²) in [6, 6.07) is 6.91. The summed E-state index contributed by atoms with van der Waals surface area (Å²) in [6.45, 7) is 9.29. The van der Waals surface area contributed by atoms with Gasteiger partial charge in [-0.15, -0.1) is 0 Å². The summed E-state index contributed by atoms with van der Waals surface area (Å²) in [7, 11) is 3.47. The zero-order valence-corrected chi connectivity index (χ0v) is 14.1. The van der Waals surface area contributed by atoms with E-state index in [4.69, 9.17) is 15.2 Å². The Morgan fingerprint density at radius 3 is 2.48 bits per heavy atom. The number of methoxy groups -OCH3 is 2. The second kappa shape index (κ2) is 9.15. The van der Waals surface area contributed by atoms with E-state index in [0.29, 0.717) is 25.8 Å². The van der Waals surface area contributed by atoms with Gasteiger partial charge in [0.2, 0.25) is 0 Å². The third kappa shape index (κ3) is 4.78. The monoisotopic (exact) mass is 294 g/mol. The lowest BCUT2D eigenvalue weighted by molar-refractivity contribution is 0.0485. The molecule has 4 nitrogen and oxygen atoms in total. The van der Waals surface area contributed by atoms with Crippen LogP contribution in [-0.2, 0) is 9.47 Å². The lowest BCUT2D eigenvalue weighted by Gasteiger charge is -2.36. The van der Waals surface area contributed by atoms with E-state index in [-0.39, 0.29) is 6.04 Å². The van der Waals surface area contributed by atoms with Gasteiger partial charge in [-0.25, -0.2) is 0 Å². The first-order chi connectivity index (χ1) is 10.1. The van der Waals surface area contributed by atoms with Gasteiger partial charge in [0.15, 0.2) is 0 Å². The SMILES string of the molecule is COCCN(C(C)COC)C(CN)c1cccc(C)c1C. The van der Waals surface area contributed by atoms with Crippen LogP contribution in [0.1, 0.15) is 29.7 Å². The largest absolute Gasteiger partial charge is 0.383 e. The summed E-state index contributed by atoms with van der Waals surface area (Å²) < 4.78 is 10.6. The van der Waals surface area contributed by atoms with E-state index in [2.05, 4.69) is 43.9 Å². The zero-order chi connectivity index (χ0) is 15.8. The van der Waals surface area contributed by atoms with Crippen LogP contribution in [0.5, 0.6) is 0 Å². The summed E-state index contributed by atoms with van der Waals surface area (Å²) in [6.07, 6.45) is 0. The zero-order valence-electron chi connectivity index (χ0n) is 14.1. The number of benzene rings is 1. The summed E-state index contributed by atoms with van der Waals surface area (Å²) in [4.78, 5) is 2.38. The predicted molar refractivity (Wildman–Crippen MR) is 87.6 cm³/mol. The van der Waals surface area contributed by atoms with Crippen LogP contribution in [0.2, 0.25) is 0 Å². The van der Waals surface area contributed by atoms with Crippen molar-refractivity contribution in [1.29, 1.82) is 0 Å². The minimum atomic E-state index is 0.185. The number of ether oxygens (including phenoxy) is 2. The highest BCUT2D eigenvalue weighted by Crippen LogP contribution is 2.26. The summed E-state index contributed by atoms with van der Waals surface area (Å²) in [5, 5.41) is 0. The number of hydrogen-bond acceptors (Lipinski definition) is 4. The van der Waals surface area contributed by atoms with Crippen molar-refractivity contribution in [2.24, 2.45) is 5.73 Å². The highest BCUT2D eigenvalue weighted by Gasteiger charge is 2.25. The Kier molecular flexibility index (Phi) is 7.89. The number of nitrogens with zero attached hydrogens (tertiary/aromatic N) is 1. The number of rotatable bonds is 9. The normalized spacial score (nSPS) is 14.4. The Hall–Kier alpha value is -0.940. The van der Waals surface area contributed by atoms with E-state index in [0.717, 1.165) is 6.54 Å². The molecule has 4 heteroatoms. The molecule has 2 atom stereocenters. The van der Waals surface area contributed by atoms with Crippen molar-refractivity contribution >= 4 is 0 Å². The van der Waals surface area contributed by atoms with Crippen molar-refractivity contribution in [3.05, 3.63) is 34.9 Å². The molecule has 0 saturated carbocycles. The van der Waals surface area contributed by atoms with Gasteiger partial charge in [0.05, 0.1) is 13.2 Å². The molecule has 0 spiro atoms. The summed E-state index contributed by atoms with van der Waals surface area (Å²) >= 11 is 0. The van der Waals surface area contributed by atoms with Crippen LogP contribution in [0.15, 0.2) is 18.2 Å². The lowest BCUT2D eigenvalue weighted by atomic mass is 9.95. The van der Waals surface area contributed by atoms with Crippen molar-refractivity contribution in [3.63, 3.8) is 0 Å². The minimum absolute atomic E-state index is 0.185. The van der Waals surface area contributed by atoms with Crippen LogP contribution >= 0.6 is 0 Å². The Morgan fingerprint density at radius 2 is 1.90 bits per heavy atom. The van der Waals surface area contributed by atoms with Gasteiger partial charge in [0.1, 0.15) is 0 Å². The van der Waals surface area contributed by atoms with Crippen molar-refractivity contribution in [2.45, 2.75) is 32.9 Å². The summed E-state index contributed by atoms with van der Waals surface area (Å²) in [5.41, 5.74) is 10.0. The van der Waals surface area contributed by atoms with Crippen LogP contribution in [0, 0.1) is 13.8 Å². The molecule has 1 aromatic carbocycles. The molecule has 0 heterocycles. The molecular weight excluding hydrogens is 264 g/mol. The maximum absolute atomic E-state index is 6.11. The fraction of sp³-hybridized carbons (Fsp3) is 0.647. The minimum Gasteiger partial charge on any atom is -0.383 e. The molecule has 0 aliphatic rings. The second-order valence-electron chi connectivity index (χ2n) is 5.58. The number of hydrogen-bond donors (Lipinski definition) is 1. The van der Waals surface area contributed by atoms with Gasteiger partial charge in [-0.1, -0.05) is 18.2 Å². The van der Waals surface area contributed by atoms with Crippen molar-refractivity contribution in [1.82, 2.24) is 4.90 Å². The first-order valence-corrected chi connectivity index (χ1v) is 7.56. The molecule has 0 aliphatic heterocycles. The van der Waals surface area contributed by atoms with E-state index >= 15 is 0 Å². The predicted octanol–water partition coefficient (Wildman–Crippen LogP) is 2.29. The Balaban J connectivity index is 3.07. The average Bonchev–Trinajstić information content (AvgIpc) is 2.47. The molecule has 21 heavy (non-hydrogen) atoms. The Bertz CT molecular complexity index is 423. The molecule has 2 N–H and O–H groups in total. The van der Waals surface area contributed by atoms with E-state index in [1.807, 2.05) is 0 Å². The van der Waals surface area contributed by atoms with Crippen molar-refractivity contribution < 1.29 is 9.47 Å². The molecule has 0 amide bonds. The second-order valence-corrected chi connectivity index (χ2v) is 5.58. The molecule has 2 unspecified atom stereocenters. The summed E-state index contributed by atoms with van der Waals surface area (Å²) in [5.74, 6) is 0. The maximum Gasteiger partial charge on any atom is 0.0615 e. The molecule has 1 rings (SSSR count). The van der Waals surface area contributed by atoms with E-state index in [1.54, 1.807) is 14.2 Å². The van der Waals surface area contributed by atoms with Crippen LogP contribution in [-0.4, -0.2) is 51.5 Å². The highest BCUT2D eigenvalue weighted by molar-refractivity contribution is 5.35. The van der Waals surface area contributed by atoms with Crippen LogP contribution in [0.25, 0.3) is 0 Å². The molecular formula is C17H30N2O2. The molecule has 0 radical (unpaired) electrons. The van der Waals surface area contributed by atoms with Gasteiger partial charge in [0, 0.05) is 39.4 Å². The van der Waals surface area contributed by atoms with Gasteiger partial charge in [-0.3, -0.25) is 4.90 Å². The smallest absolute Gasteiger partial charge is 0.0615 e. The molecule has 0 aliphatic carbocycles. The number of nitrogens with two attached hydrogens (primary N) is 1. The topological polar surface area (TPSA) is 47.7 Å². The van der Waals surface area contributed by atoms with Crippen LogP contribution < -0.4 is 5.73 Å². The number of aryl methyl sites for hydroxylation is 1. The standard InChI is InChI=1S/C17H30N2O2/c1-13-7-6-8-16(15(13)3)17(11-18)19(9-10-20-4)14(2)12-21-5/h6-8,14,17H,9-12,18H2,1-5H3.